The maximum absolute atomic E-state index is 6.15. The zero-order valence-corrected chi connectivity index (χ0v) is 15.3. The number of nitrogens with zero attached hydrogens (tertiary/aromatic N) is 2. The Morgan fingerprint density at radius 3 is 2.27 bits per heavy atom. The second-order valence-electron chi connectivity index (χ2n) is 5.64. The molecule has 0 saturated carbocycles. The minimum absolute atomic E-state index is 0.233. The fraction of sp³-hybridized carbons (Fsp3) is 0.0909. The highest BCUT2D eigenvalue weighted by Gasteiger charge is 2.15. The van der Waals surface area contributed by atoms with Gasteiger partial charge < -0.3 is 4.42 Å². The average Bonchev–Trinajstić information content (AvgIpc) is 3.08. The second kappa shape index (κ2) is 6.77. The molecule has 5 aromatic rings. The van der Waals surface area contributed by atoms with E-state index < -0.39 is 0 Å². The Morgan fingerprint density at radius 2 is 1.42 bits per heavy atom. The molecule has 0 unspecified atom stereocenters. The van der Waals surface area contributed by atoms with Gasteiger partial charge in [-0.2, -0.15) is 0 Å². The predicted molar refractivity (Wildman–Crippen MR) is 109 cm³/mol. The van der Waals surface area contributed by atoms with Crippen molar-refractivity contribution in [3.63, 3.8) is 0 Å². The topological polar surface area (TPSA) is 38.9 Å². The number of rotatable bonds is 1. The summed E-state index contributed by atoms with van der Waals surface area (Å²) in [6, 6.07) is 22.0. The quantitative estimate of drug-likeness (QED) is 0.306. The first-order chi connectivity index (χ1) is 12.8. The summed E-state index contributed by atoms with van der Waals surface area (Å²) in [5.41, 5.74) is 4.21. The van der Waals surface area contributed by atoms with Crippen molar-refractivity contribution in [3.05, 3.63) is 72.0 Å². The molecule has 5 rings (SSSR count). The number of hydrogen-bond acceptors (Lipinski definition) is 3. The van der Waals surface area contributed by atoms with Crippen LogP contribution in [0.5, 0.6) is 0 Å². The summed E-state index contributed by atoms with van der Waals surface area (Å²) in [7, 11) is 0. The lowest BCUT2D eigenvalue weighted by Gasteiger charge is -2.06. The molecule has 4 heteroatoms. The van der Waals surface area contributed by atoms with Crippen LogP contribution in [0.4, 0.5) is 0 Å². The minimum atomic E-state index is 0.233. The van der Waals surface area contributed by atoms with E-state index in [0.29, 0.717) is 0 Å². The van der Waals surface area contributed by atoms with Crippen LogP contribution in [-0.4, -0.2) is 9.97 Å². The van der Waals surface area contributed by atoms with Crippen molar-refractivity contribution in [1.82, 2.24) is 9.97 Å². The van der Waals surface area contributed by atoms with Gasteiger partial charge in [-0.15, -0.1) is 0 Å². The molecule has 0 spiro atoms. The van der Waals surface area contributed by atoms with Crippen LogP contribution in [0.15, 0.2) is 71.1 Å². The highest BCUT2D eigenvalue weighted by molar-refractivity contribution is 6.29. The normalized spacial score (nSPS) is 10.9. The van der Waals surface area contributed by atoms with Gasteiger partial charge in [0, 0.05) is 21.7 Å². The Hall–Kier alpha value is -2.91. The van der Waals surface area contributed by atoms with Gasteiger partial charge in [0.1, 0.15) is 11.2 Å². The molecule has 0 aliphatic heterocycles. The van der Waals surface area contributed by atoms with E-state index in [0.717, 1.165) is 44.1 Å². The van der Waals surface area contributed by atoms with E-state index in [1.165, 1.54) is 0 Å². The van der Waals surface area contributed by atoms with E-state index in [2.05, 4.69) is 22.1 Å². The molecule has 2 aromatic heterocycles. The van der Waals surface area contributed by atoms with Crippen LogP contribution in [-0.2, 0) is 0 Å². The first-order valence-corrected chi connectivity index (χ1v) is 9.02. The zero-order valence-electron chi connectivity index (χ0n) is 14.5. The third kappa shape index (κ3) is 2.61. The first-order valence-electron chi connectivity index (χ1n) is 8.64. The van der Waals surface area contributed by atoms with Gasteiger partial charge in [0.2, 0.25) is 5.28 Å². The van der Waals surface area contributed by atoms with Crippen molar-refractivity contribution < 1.29 is 4.42 Å². The zero-order chi connectivity index (χ0) is 18.1. The SMILES string of the molecule is CC.Clc1nc(-c2cccc3c2oc2ccccc23)c2ccccc2n1. The van der Waals surface area contributed by atoms with Crippen LogP contribution in [0.2, 0.25) is 5.28 Å². The molecule has 2 heterocycles. The Bertz CT molecular complexity index is 1230. The van der Waals surface area contributed by atoms with E-state index in [9.17, 15) is 0 Å². The van der Waals surface area contributed by atoms with Crippen molar-refractivity contribution >= 4 is 44.4 Å². The average molecular weight is 361 g/mol. The second-order valence-corrected chi connectivity index (χ2v) is 5.98. The van der Waals surface area contributed by atoms with Crippen molar-refractivity contribution in [2.75, 3.05) is 0 Å². The summed E-state index contributed by atoms with van der Waals surface area (Å²) in [6.07, 6.45) is 0. The number of para-hydroxylation sites is 3. The summed E-state index contributed by atoms with van der Waals surface area (Å²) in [5, 5.41) is 3.35. The minimum Gasteiger partial charge on any atom is -0.455 e. The molecule has 3 nitrogen and oxygen atoms in total. The Labute approximate surface area is 156 Å². The number of hydrogen-bond donors (Lipinski definition) is 0. The molecule has 128 valence electrons. The molecule has 26 heavy (non-hydrogen) atoms. The lowest BCUT2D eigenvalue weighted by molar-refractivity contribution is 0.670. The van der Waals surface area contributed by atoms with Crippen molar-refractivity contribution in [3.8, 4) is 11.3 Å². The van der Waals surface area contributed by atoms with E-state index in [1.807, 2.05) is 68.4 Å². The van der Waals surface area contributed by atoms with Gasteiger partial charge in [0.15, 0.2) is 0 Å². The smallest absolute Gasteiger partial charge is 0.223 e. The Morgan fingerprint density at radius 1 is 0.731 bits per heavy atom. The van der Waals surface area contributed by atoms with E-state index >= 15 is 0 Å². The Kier molecular flexibility index (Phi) is 4.31. The van der Waals surface area contributed by atoms with Crippen molar-refractivity contribution in [2.24, 2.45) is 0 Å². The molecule has 0 fully saturated rings. The summed E-state index contributed by atoms with van der Waals surface area (Å²) in [6.45, 7) is 4.00. The van der Waals surface area contributed by atoms with Crippen LogP contribution < -0.4 is 0 Å². The molecule has 0 saturated heterocycles. The highest BCUT2D eigenvalue weighted by atomic mass is 35.5. The molecule has 0 bridgehead atoms. The molecule has 0 amide bonds. The van der Waals surface area contributed by atoms with Crippen LogP contribution in [0.1, 0.15) is 13.8 Å². The van der Waals surface area contributed by atoms with Gasteiger partial charge in [-0.05, 0) is 29.8 Å². The van der Waals surface area contributed by atoms with Gasteiger partial charge in [0.05, 0.1) is 11.2 Å². The third-order valence-corrected chi connectivity index (χ3v) is 4.40. The maximum atomic E-state index is 6.15. The van der Waals surface area contributed by atoms with E-state index in [1.54, 1.807) is 0 Å². The van der Waals surface area contributed by atoms with Gasteiger partial charge in [-0.1, -0.05) is 62.4 Å². The maximum Gasteiger partial charge on any atom is 0.223 e. The number of benzene rings is 3. The van der Waals surface area contributed by atoms with Gasteiger partial charge in [-0.3, -0.25) is 0 Å². The molecule has 0 atom stereocenters. The van der Waals surface area contributed by atoms with E-state index in [-0.39, 0.29) is 5.28 Å². The van der Waals surface area contributed by atoms with Gasteiger partial charge >= 0.3 is 0 Å². The highest BCUT2D eigenvalue weighted by Crippen LogP contribution is 2.37. The summed E-state index contributed by atoms with van der Waals surface area (Å²) < 4.78 is 6.12. The monoisotopic (exact) mass is 360 g/mol. The lowest BCUT2D eigenvalue weighted by atomic mass is 10.0. The molecular formula is C22H17ClN2O. The molecule has 0 aliphatic rings. The van der Waals surface area contributed by atoms with Crippen LogP contribution >= 0.6 is 11.6 Å². The molecule has 3 aromatic carbocycles. The number of furan rings is 1. The molecular weight excluding hydrogens is 344 g/mol. The number of halogens is 1. The summed E-state index contributed by atoms with van der Waals surface area (Å²) in [5.74, 6) is 0. The summed E-state index contributed by atoms with van der Waals surface area (Å²) >= 11 is 6.15. The van der Waals surface area contributed by atoms with E-state index in [4.69, 9.17) is 16.0 Å². The van der Waals surface area contributed by atoms with Gasteiger partial charge in [-0.25, -0.2) is 9.97 Å². The van der Waals surface area contributed by atoms with Crippen LogP contribution in [0, 0.1) is 0 Å². The van der Waals surface area contributed by atoms with Crippen LogP contribution in [0.3, 0.4) is 0 Å². The fourth-order valence-corrected chi connectivity index (χ4v) is 3.36. The predicted octanol–water partition coefficient (Wildman–Crippen LogP) is 6.88. The molecule has 0 radical (unpaired) electrons. The fourth-order valence-electron chi connectivity index (χ4n) is 3.19. The largest absolute Gasteiger partial charge is 0.455 e. The van der Waals surface area contributed by atoms with Gasteiger partial charge in [0.25, 0.3) is 0 Å². The third-order valence-electron chi connectivity index (χ3n) is 4.24. The molecule has 0 aliphatic carbocycles. The standard InChI is InChI=1S/C20H11ClN2O.C2H6/c21-20-22-16-10-3-1-7-14(16)18(23-20)15-9-5-8-13-12-6-2-4-11-17(12)24-19(13)15;1-2/h1-11H;1-2H3. The van der Waals surface area contributed by atoms with Crippen LogP contribution in [0.25, 0.3) is 44.1 Å². The van der Waals surface area contributed by atoms with Crippen molar-refractivity contribution in [1.29, 1.82) is 0 Å². The summed E-state index contributed by atoms with van der Waals surface area (Å²) in [4.78, 5) is 8.79. The number of fused-ring (bicyclic) bond motifs is 4. The number of aromatic nitrogens is 2. The first kappa shape index (κ1) is 16.6. The Balaban J connectivity index is 0.000000814. The molecule has 0 N–H and O–H groups in total. The lowest BCUT2D eigenvalue weighted by Crippen LogP contribution is -1.91. The van der Waals surface area contributed by atoms with Crippen molar-refractivity contribution in [2.45, 2.75) is 13.8 Å².